The Morgan fingerprint density at radius 1 is 0.677 bits per heavy atom. The third-order valence-electron chi connectivity index (χ3n) is 4.25. The van der Waals surface area contributed by atoms with Crippen LogP contribution in [0.2, 0.25) is 0 Å². The molecule has 0 aromatic heterocycles. The van der Waals surface area contributed by atoms with Crippen molar-refractivity contribution in [2.45, 2.75) is 19.3 Å². The van der Waals surface area contributed by atoms with Crippen molar-refractivity contribution >= 4 is 36.5 Å². The van der Waals surface area contributed by atoms with Gasteiger partial charge in [-0.05, 0) is 55.7 Å². The molecular weight excluding hydrogens is 443 g/mol. The van der Waals surface area contributed by atoms with Gasteiger partial charge in [-0.25, -0.2) is 0 Å². The predicted octanol–water partition coefficient (Wildman–Crippen LogP) is 3.74. The zero-order valence-corrected chi connectivity index (χ0v) is 19.2. The lowest BCUT2D eigenvalue weighted by atomic mass is 10.2. The van der Waals surface area contributed by atoms with E-state index in [9.17, 15) is 0 Å². The molecule has 0 bridgehead atoms. The van der Waals surface area contributed by atoms with Crippen molar-refractivity contribution < 1.29 is 18.9 Å². The number of hydrogen-bond donors (Lipinski definition) is 4. The van der Waals surface area contributed by atoms with Gasteiger partial charge in [0.25, 0.3) is 0 Å². The number of nitrogen functional groups attached to an aromatic ring is 2. The molecule has 0 radical (unpaired) electrons. The summed E-state index contributed by atoms with van der Waals surface area (Å²) in [5.74, 6) is 2.35. The first-order valence-corrected chi connectivity index (χ1v) is 9.26. The molecule has 10 heteroatoms. The zero-order chi connectivity index (χ0) is 21.2. The molecule has 6 N–H and O–H groups in total. The fourth-order valence-electron chi connectivity index (χ4n) is 2.65. The van der Waals surface area contributed by atoms with Gasteiger partial charge in [0.1, 0.15) is 11.7 Å². The summed E-state index contributed by atoms with van der Waals surface area (Å²) < 4.78 is 22.1. The summed E-state index contributed by atoms with van der Waals surface area (Å²) >= 11 is 0. The van der Waals surface area contributed by atoms with Crippen molar-refractivity contribution in [3.05, 3.63) is 47.5 Å². The molecule has 0 atom stereocenters. The summed E-state index contributed by atoms with van der Waals surface area (Å²) in [6.45, 7) is 1.10. The first-order chi connectivity index (χ1) is 14.0. The molecule has 0 aliphatic rings. The van der Waals surface area contributed by atoms with E-state index >= 15 is 0 Å². The number of unbranched alkanes of at least 4 members (excludes halogenated alkanes) is 2. The quantitative estimate of drug-likeness (QED) is 0.211. The van der Waals surface area contributed by atoms with Crippen LogP contribution in [0.25, 0.3) is 0 Å². The fourth-order valence-corrected chi connectivity index (χ4v) is 2.65. The third-order valence-corrected chi connectivity index (χ3v) is 4.25. The number of methoxy groups -OCH3 is 2. The van der Waals surface area contributed by atoms with Crippen LogP contribution in [0.5, 0.6) is 23.0 Å². The van der Waals surface area contributed by atoms with Crippen LogP contribution in [0.1, 0.15) is 30.4 Å². The molecule has 8 nitrogen and oxygen atoms in total. The summed E-state index contributed by atoms with van der Waals surface area (Å²) in [5, 5.41) is 14.9. The van der Waals surface area contributed by atoms with E-state index in [-0.39, 0.29) is 36.5 Å². The van der Waals surface area contributed by atoms with E-state index in [0.29, 0.717) is 47.3 Å². The molecule has 0 unspecified atom stereocenters. The summed E-state index contributed by atoms with van der Waals surface area (Å²) in [5.41, 5.74) is 12.2. The van der Waals surface area contributed by atoms with Gasteiger partial charge in [0, 0.05) is 11.1 Å². The van der Waals surface area contributed by atoms with E-state index in [4.69, 9.17) is 41.2 Å². The number of nitrogens with one attached hydrogen (secondary N) is 2. The minimum Gasteiger partial charge on any atom is -0.493 e. The highest BCUT2D eigenvalue weighted by molar-refractivity contribution is 5.96. The lowest BCUT2D eigenvalue weighted by Crippen LogP contribution is -2.11. The Morgan fingerprint density at radius 3 is 1.39 bits per heavy atom. The van der Waals surface area contributed by atoms with Gasteiger partial charge in [-0.1, -0.05) is 0 Å². The van der Waals surface area contributed by atoms with E-state index < -0.39 is 0 Å². The first-order valence-electron chi connectivity index (χ1n) is 9.26. The zero-order valence-electron chi connectivity index (χ0n) is 17.6. The molecular formula is C21H30Cl2N4O4. The number of rotatable bonds is 12. The number of hydrogen-bond acceptors (Lipinski definition) is 6. The summed E-state index contributed by atoms with van der Waals surface area (Å²) in [7, 11) is 3.11. The van der Waals surface area contributed by atoms with E-state index in [2.05, 4.69) is 0 Å². The van der Waals surface area contributed by atoms with Crippen molar-refractivity contribution in [1.82, 2.24) is 0 Å². The van der Waals surface area contributed by atoms with Gasteiger partial charge in [0.15, 0.2) is 23.0 Å². The maximum Gasteiger partial charge on any atom is 0.161 e. The second-order valence-corrected chi connectivity index (χ2v) is 6.32. The SMILES string of the molecule is COc1cc(C(=N)N)ccc1OCCCCCOc1ccc(C(=N)N)cc1OC.Cl.Cl. The number of nitrogens with two attached hydrogens (primary N) is 2. The second-order valence-electron chi connectivity index (χ2n) is 6.32. The molecule has 31 heavy (non-hydrogen) atoms. The minimum absolute atomic E-state index is 0. The number of amidine groups is 2. The van der Waals surface area contributed by atoms with E-state index in [1.165, 1.54) is 0 Å². The smallest absolute Gasteiger partial charge is 0.161 e. The van der Waals surface area contributed by atoms with Crippen molar-refractivity contribution in [3.63, 3.8) is 0 Å². The van der Waals surface area contributed by atoms with Gasteiger partial charge in [-0.3, -0.25) is 10.8 Å². The van der Waals surface area contributed by atoms with Gasteiger partial charge in [-0.2, -0.15) is 0 Å². The van der Waals surface area contributed by atoms with Crippen LogP contribution in [-0.2, 0) is 0 Å². The molecule has 2 aromatic carbocycles. The highest BCUT2D eigenvalue weighted by Crippen LogP contribution is 2.29. The average Bonchev–Trinajstić information content (AvgIpc) is 2.72. The van der Waals surface area contributed by atoms with Gasteiger partial charge >= 0.3 is 0 Å². The lowest BCUT2D eigenvalue weighted by molar-refractivity contribution is 0.264. The Labute approximate surface area is 195 Å². The Hall–Kier alpha value is -2.84. The van der Waals surface area contributed by atoms with E-state index in [1.54, 1.807) is 50.6 Å². The highest BCUT2D eigenvalue weighted by atomic mass is 35.5. The van der Waals surface area contributed by atoms with Crippen molar-refractivity contribution in [2.75, 3.05) is 27.4 Å². The summed E-state index contributed by atoms with van der Waals surface area (Å²) in [4.78, 5) is 0. The molecule has 172 valence electrons. The Bertz CT molecular complexity index is 796. The monoisotopic (exact) mass is 472 g/mol. The largest absolute Gasteiger partial charge is 0.493 e. The van der Waals surface area contributed by atoms with Gasteiger partial charge < -0.3 is 30.4 Å². The Balaban J connectivity index is 0.00000450. The lowest BCUT2D eigenvalue weighted by Gasteiger charge is -2.13. The van der Waals surface area contributed by atoms with Gasteiger partial charge in [-0.15, -0.1) is 24.8 Å². The molecule has 2 aromatic rings. The van der Waals surface area contributed by atoms with Crippen molar-refractivity contribution in [2.24, 2.45) is 11.5 Å². The van der Waals surface area contributed by atoms with Crippen LogP contribution in [0, 0.1) is 10.8 Å². The van der Waals surface area contributed by atoms with Gasteiger partial charge in [0.2, 0.25) is 0 Å². The molecule has 0 aliphatic heterocycles. The fraction of sp³-hybridized carbons (Fsp3) is 0.333. The molecule has 0 heterocycles. The maximum absolute atomic E-state index is 7.47. The molecule has 0 aliphatic carbocycles. The maximum atomic E-state index is 7.47. The van der Waals surface area contributed by atoms with Crippen LogP contribution in [0.4, 0.5) is 0 Å². The summed E-state index contributed by atoms with van der Waals surface area (Å²) in [6, 6.07) is 10.4. The number of benzene rings is 2. The second kappa shape index (κ2) is 14.2. The first kappa shape index (κ1) is 28.2. The molecule has 0 saturated heterocycles. The molecule has 0 amide bonds. The molecule has 0 saturated carbocycles. The van der Waals surface area contributed by atoms with Crippen LogP contribution in [0.15, 0.2) is 36.4 Å². The summed E-state index contributed by atoms with van der Waals surface area (Å²) in [6.07, 6.45) is 2.66. The van der Waals surface area contributed by atoms with Crippen LogP contribution >= 0.6 is 24.8 Å². The van der Waals surface area contributed by atoms with Crippen LogP contribution in [0.3, 0.4) is 0 Å². The topological polar surface area (TPSA) is 137 Å². The molecule has 2 rings (SSSR count). The Morgan fingerprint density at radius 2 is 1.06 bits per heavy atom. The highest BCUT2D eigenvalue weighted by Gasteiger charge is 2.08. The van der Waals surface area contributed by atoms with Crippen LogP contribution < -0.4 is 30.4 Å². The van der Waals surface area contributed by atoms with Gasteiger partial charge in [0.05, 0.1) is 27.4 Å². The Kier molecular flexibility index (Phi) is 12.9. The van der Waals surface area contributed by atoms with Crippen molar-refractivity contribution in [1.29, 1.82) is 10.8 Å². The van der Waals surface area contributed by atoms with Crippen LogP contribution in [-0.4, -0.2) is 39.1 Å². The van der Waals surface area contributed by atoms with E-state index in [0.717, 1.165) is 19.3 Å². The van der Waals surface area contributed by atoms with Crippen molar-refractivity contribution in [3.8, 4) is 23.0 Å². The van der Waals surface area contributed by atoms with E-state index in [1.807, 2.05) is 0 Å². The molecule has 0 spiro atoms. The third kappa shape index (κ3) is 8.43. The minimum atomic E-state index is -0.0117. The standard InChI is InChI=1S/C21H28N4O4.2ClH/c1-26-18-12-14(20(22)23)6-8-16(18)28-10-4-3-5-11-29-17-9-7-15(21(24)25)13-19(17)27-2;;/h6-9,12-13H,3-5,10-11H2,1-2H3,(H3,22,23)(H3,24,25);2*1H. The molecule has 0 fully saturated rings. The average molecular weight is 473 g/mol. The number of halogens is 2. The normalized spacial score (nSPS) is 9.61. The number of ether oxygens (including phenoxy) is 4. The predicted molar refractivity (Wildman–Crippen MR) is 127 cm³/mol.